The van der Waals surface area contributed by atoms with Crippen molar-refractivity contribution in [3.05, 3.63) is 23.3 Å². The van der Waals surface area contributed by atoms with E-state index >= 15 is 0 Å². The van der Waals surface area contributed by atoms with Crippen LogP contribution in [0.5, 0.6) is 11.5 Å². The van der Waals surface area contributed by atoms with Gasteiger partial charge < -0.3 is 19.5 Å². The molecule has 17 heavy (non-hydrogen) atoms. The van der Waals surface area contributed by atoms with Crippen molar-refractivity contribution in [2.75, 3.05) is 34.5 Å². The van der Waals surface area contributed by atoms with E-state index in [9.17, 15) is 0 Å². The molecule has 94 valence electrons. The Kier molecular flexibility index (Phi) is 3.86. The van der Waals surface area contributed by atoms with Crippen LogP contribution < -0.4 is 14.8 Å². The van der Waals surface area contributed by atoms with E-state index in [1.54, 1.807) is 14.2 Å². The number of ether oxygens (including phenoxy) is 3. The van der Waals surface area contributed by atoms with Gasteiger partial charge >= 0.3 is 0 Å². The highest BCUT2D eigenvalue weighted by molar-refractivity contribution is 5.51. The highest BCUT2D eigenvalue weighted by Crippen LogP contribution is 2.36. The molecule has 0 bridgehead atoms. The molecule has 1 N–H and O–H groups in total. The standard InChI is InChI=1S/C13H19NO3/c1-14-10-8-17-7-6-9-11(15-2)4-5-12(16-3)13(9)10/h4-5,10,14H,6-8H2,1-3H3. The third-order valence-electron chi connectivity index (χ3n) is 3.19. The van der Waals surface area contributed by atoms with E-state index in [1.165, 1.54) is 5.56 Å². The first-order chi connectivity index (χ1) is 8.31. The van der Waals surface area contributed by atoms with Crippen LogP contribution in [0.4, 0.5) is 0 Å². The summed E-state index contributed by atoms with van der Waals surface area (Å²) in [4.78, 5) is 0. The molecule has 0 amide bonds. The second kappa shape index (κ2) is 5.38. The molecule has 0 fully saturated rings. The molecule has 0 radical (unpaired) electrons. The normalized spacial score (nSPS) is 19.4. The molecule has 0 saturated heterocycles. The van der Waals surface area contributed by atoms with Gasteiger partial charge in [-0.1, -0.05) is 0 Å². The van der Waals surface area contributed by atoms with Gasteiger partial charge in [-0.3, -0.25) is 0 Å². The van der Waals surface area contributed by atoms with Crippen molar-refractivity contribution in [3.63, 3.8) is 0 Å². The maximum absolute atomic E-state index is 5.61. The van der Waals surface area contributed by atoms with E-state index in [-0.39, 0.29) is 6.04 Å². The Balaban J connectivity index is 2.56. The average molecular weight is 237 g/mol. The topological polar surface area (TPSA) is 39.7 Å². The van der Waals surface area contributed by atoms with Gasteiger partial charge in [0.1, 0.15) is 11.5 Å². The Morgan fingerprint density at radius 2 is 1.94 bits per heavy atom. The minimum Gasteiger partial charge on any atom is -0.496 e. The molecule has 0 aliphatic carbocycles. The fourth-order valence-corrected chi connectivity index (χ4v) is 2.32. The molecule has 1 atom stereocenters. The van der Waals surface area contributed by atoms with E-state index < -0.39 is 0 Å². The largest absolute Gasteiger partial charge is 0.496 e. The lowest BCUT2D eigenvalue weighted by Gasteiger charge is -2.20. The van der Waals surface area contributed by atoms with Crippen LogP contribution in [0.3, 0.4) is 0 Å². The van der Waals surface area contributed by atoms with Gasteiger partial charge in [0, 0.05) is 11.1 Å². The molecule has 1 aromatic rings. The highest BCUT2D eigenvalue weighted by Gasteiger charge is 2.24. The summed E-state index contributed by atoms with van der Waals surface area (Å²) in [6.45, 7) is 1.38. The number of fused-ring (bicyclic) bond motifs is 1. The van der Waals surface area contributed by atoms with Crippen molar-refractivity contribution in [1.82, 2.24) is 5.32 Å². The molecule has 2 rings (SSSR count). The van der Waals surface area contributed by atoms with Crippen LogP contribution in [0.2, 0.25) is 0 Å². The first-order valence-corrected chi connectivity index (χ1v) is 5.80. The molecule has 1 heterocycles. The van der Waals surface area contributed by atoms with Crippen molar-refractivity contribution in [2.24, 2.45) is 0 Å². The molecule has 0 aromatic heterocycles. The highest BCUT2D eigenvalue weighted by atomic mass is 16.5. The van der Waals surface area contributed by atoms with Gasteiger partial charge in [0.25, 0.3) is 0 Å². The summed E-state index contributed by atoms with van der Waals surface area (Å²) in [5, 5.41) is 3.27. The number of nitrogens with one attached hydrogen (secondary N) is 1. The molecule has 1 unspecified atom stereocenters. The Bertz CT molecular complexity index is 392. The second-order valence-corrected chi connectivity index (χ2v) is 4.03. The van der Waals surface area contributed by atoms with Gasteiger partial charge in [-0.25, -0.2) is 0 Å². The number of hydrogen-bond donors (Lipinski definition) is 1. The minimum atomic E-state index is 0.151. The summed E-state index contributed by atoms with van der Waals surface area (Å²) in [6, 6.07) is 4.06. The predicted octanol–water partition coefficient (Wildman–Crippen LogP) is 1.54. The van der Waals surface area contributed by atoms with Crippen LogP contribution in [0.15, 0.2) is 12.1 Å². The van der Waals surface area contributed by atoms with E-state index in [4.69, 9.17) is 14.2 Å². The van der Waals surface area contributed by atoms with E-state index in [1.807, 2.05) is 19.2 Å². The molecular weight excluding hydrogens is 218 g/mol. The lowest BCUT2D eigenvalue weighted by atomic mass is 9.97. The zero-order valence-electron chi connectivity index (χ0n) is 10.6. The Morgan fingerprint density at radius 3 is 2.59 bits per heavy atom. The Morgan fingerprint density at radius 1 is 1.24 bits per heavy atom. The summed E-state index contributed by atoms with van der Waals surface area (Å²) in [6.07, 6.45) is 0.855. The van der Waals surface area contributed by atoms with E-state index in [2.05, 4.69) is 5.32 Å². The summed E-state index contributed by atoms with van der Waals surface area (Å²) in [5.41, 5.74) is 2.34. The minimum absolute atomic E-state index is 0.151. The van der Waals surface area contributed by atoms with Crippen LogP contribution in [0.25, 0.3) is 0 Å². The van der Waals surface area contributed by atoms with Crippen LogP contribution in [-0.2, 0) is 11.2 Å². The molecule has 0 spiro atoms. The van der Waals surface area contributed by atoms with Crippen LogP contribution in [0, 0.1) is 0 Å². The lowest BCUT2D eigenvalue weighted by Crippen LogP contribution is -2.21. The molecular formula is C13H19NO3. The van der Waals surface area contributed by atoms with Gasteiger partial charge in [0.15, 0.2) is 0 Å². The second-order valence-electron chi connectivity index (χ2n) is 4.03. The molecule has 4 nitrogen and oxygen atoms in total. The van der Waals surface area contributed by atoms with Gasteiger partial charge in [-0.15, -0.1) is 0 Å². The third kappa shape index (κ3) is 2.23. The molecule has 1 aliphatic heterocycles. The number of hydrogen-bond acceptors (Lipinski definition) is 4. The molecule has 1 aliphatic rings. The quantitative estimate of drug-likeness (QED) is 0.865. The Hall–Kier alpha value is -1.26. The first kappa shape index (κ1) is 12.2. The summed E-state index contributed by atoms with van der Waals surface area (Å²) in [7, 11) is 5.32. The fourth-order valence-electron chi connectivity index (χ4n) is 2.32. The number of rotatable bonds is 3. The van der Waals surface area contributed by atoms with Gasteiger partial charge in [-0.2, -0.15) is 0 Å². The van der Waals surface area contributed by atoms with Crippen molar-refractivity contribution in [1.29, 1.82) is 0 Å². The van der Waals surface area contributed by atoms with Gasteiger partial charge in [0.2, 0.25) is 0 Å². The Labute approximate surface area is 102 Å². The van der Waals surface area contributed by atoms with Crippen molar-refractivity contribution in [3.8, 4) is 11.5 Å². The van der Waals surface area contributed by atoms with E-state index in [0.717, 1.165) is 23.5 Å². The van der Waals surface area contributed by atoms with Gasteiger partial charge in [-0.05, 0) is 25.6 Å². The maximum atomic E-state index is 5.61. The molecule has 0 saturated carbocycles. The summed E-state index contributed by atoms with van der Waals surface area (Å²) in [5.74, 6) is 1.80. The van der Waals surface area contributed by atoms with Crippen LogP contribution in [-0.4, -0.2) is 34.5 Å². The smallest absolute Gasteiger partial charge is 0.124 e. The van der Waals surface area contributed by atoms with Crippen LogP contribution in [0.1, 0.15) is 17.2 Å². The maximum Gasteiger partial charge on any atom is 0.124 e. The first-order valence-electron chi connectivity index (χ1n) is 5.80. The molecule has 1 aromatic carbocycles. The fraction of sp³-hybridized carbons (Fsp3) is 0.538. The number of methoxy groups -OCH3 is 2. The summed E-state index contributed by atoms with van der Waals surface area (Å²) < 4.78 is 16.5. The predicted molar refractivity (Wildman–Crippen MR) is 65.9 cm³/mol. The summed E-state index contributed by atoms with van der Waals surface area (Å²) >= 11 is 0. The number of likely N-dealkylation sites (N-methyl/N-ethyl adjacent to an activating group) is 1. The monoisotopic (exact) mass is 237 g/mol. The average Bonchev–Trinajstić information content (AvgIpc) is 2.59. The van der Waals surface area contributed by atoms with Crippen LogP contribution >= 0.6 is 0 Å². The van der Waals surface area contributed by atoms with E-state index in [0.29, 0.717) is 13.2 Å². The SMILES string of the molecule is CNC1COCCc2c(OC)ccc(OC)c21. The van der Waals surface area contributed by atoms with Crippen molar-refractivity contribution >= 4 is 0 Å². The van der Waals surface area contributed by atoms with Crippen molar-refractivity contribution < 1.29 is 14.2 Å². The molecule has 4 heteroatoms. The lowest BCUT2D eigenvalue weighted by molar-refractivity contribution is 0.123. The van der Waals surface area contributed by atoms with Crippen molar-refractivity contribution in [2.45, 2.75) is 12.5 Å². The number of benzene rings is 1. The third-order valence-corrected chi connectivity index (χ3v) is 3.19. The van der Waals surface area contributed by atoms with Gasteiger partial charge in [0.05, 0.1) is 33.5 Å². The zero-order chi connectivity index (χ0) is 12.3. The zero-order valence-corrected chi connectivity index (χ0v) is 10.6.